The Hall–Kier alpha value is -4.31. The summed E-state index contributed by atoms with van der Waals surface area (Å²) >= 11 is 0. The van der Waals surface area contributed by atoms with E-state index in [1.54, 1.807) is 18.9 Å². The molecule has 3 aromatic heterocycles. The molecule has 0 fully saturated rings. The summed E-state index contributed by atoms with van der Waals surface area (Å²) in [5.74, 6) is 1.84. The lowest BCUT2D eigenvalue weighted by atomic mass is 9.97. The summed E-state index contributed by atoms with van der Waals surface area (Å²) in [5.41, 5.74) is 8.79. The normalized spacial score (nSPS) is 18.1. The zero-order valence-electron chi connectivity index (χ0n) is 28.6. The number of fused-ring (bicyclic) bond motifs is 6. The lowest BCUT2D eigenvalue weighted by Gasteiger charge is -2.35. The summed E-state index contributed by atoms with van der Waals surface area (Å²) in [6.07, 6.45) is 5.85. The molecule has 2 aliphatic rings. The van der Waals surface area contributed by atoms with Gasteiger partial charge in [-0.2, -0.15) is 0 Å². The van der Waals surface area contributed by atoms with E-state index in [0.29, 0.717) is 13.1 Å². The van der Waals surface area contributed by atoms with Crippen molar-refractivity contribution in [2.75, 3.05) is 27.3 Å². The molecule has 2 aliphatic heterocycles. The first kappa shape index (κ1) is 31.3. The topological polar surface area (TPSA) is 82.6 Å². The van der Waals surface area contributed by atoms with Gasteiger partial charge >= 0.3 is 0 Å². The molecule has 7 rings (SSSR count). The minimum Gasteiger partial charge on any atom is -0.497 e. The molecule has 0 saturated carbocycles. The molecular weight excluding hydrogens is 590 g/mol. The van der Waals surface area contributed by atoms with Crippen LogP contribution in [-0.2, 0) is 43.8 Å². The fourth-order valence-electron chi connectivity index (χ4n) is 8.19. The number of aromatic nitrogens is 5. The molecule has 10 nitrogen and oxygen atoms in total. The standard InChI is InChI=1S/C37H47N7O3/c1-7-15-43-33-11-9-27(46-5)19-31(33)29-13-17-40(24(3)36(29)43)21-26-22-41(39-38-26)23-35(45)42-18-14-30-32-20-28(47-6)10-12-34(32)44(16-8-2)37(30)25(42)4/h9-12,19-20,22,24-25H,7-8,13-18,21,23H2,1-6H3. The quantitative estimate of drug-likeness (QED) is 0.179. The molecule has 5 aromatic rings. The Kier molecular flexibility index (Phi) is 8.46. The fraction of sp³-hybridized carbons (Fsp3) is 0.486. The highest BCUT2D eigenvalue weighted by Crippen LogP contribution is 2.40. The number of amides is 1. The molecule has 0 aliphatic carbocycles. The van der Waals surface area contributed by atoms with Gasteiger partial charge in [-0.15, -0.1) is 5.10 Å². The van der Waals surface area contributed by atoms with E-state index in [2.05, 4.69) is 82.4 Å². The molecule has 2 unspecified atom stereocenters. The molecule has 0 radical (unpaired) electrons. The van der Waals surface area contributed by atoms with Gasteiger partial charge in [-0.3, -0.25) is 9.69 Å². The Morgan fingerprint density at radius 1 is 0.830 bits per heavy atom. The predicted octanol–water partition coefficient (Wildman–Crippen LogP) is 6.29. The average Bonchev–Trinajstić information content (AvgIpc) is 3.75. The van der Waals surface area contributed by atoms with Gasteiger partial charge in [-0.1, -0.05) is 19.1 Å². The van der Waals surface area contributed by atoms with E-state index in [-0.39, 0.29) is 24.5 Å². The number of hydrogen-bond acceptors (Lipinski definition) is 6. The van der Waals surface area contributed by atoms with E-state index in [1.807, 2.05) is 17.2 Å². The van der Waals surface area contributed by atoms with E-state index < -0.39 is 0 Å². The molecule has 5 heterocycles. The predicted molar refractivity (Wildman–Crippen MR) is 184 cm³/mol. The second-order valence-electron chi connectivity index (χ2n) is 13.1. The van der Waals surface area contributed by atoms with Crippen LogP contribution in [0.15, 0.2) is 42.6 Å². The van der Waals surface area contributed by atoms with Gasteiger partial charge in [0.1, 0.15) is 18.0 Å². The van der Waals surface area contributed by atoms with Crippen LogP contribution >= 0.6 is 0 Å². The van der Waals surface area contributed by atoms with E-state index in [1.165, 1.54) is 44.3 Å². The molecule has 0 bridgehead atoms. The van der Waals surface area contributed by atoms with E-state index in [9.17, 15) is 4.79 Å². The van der Waals surface area contributed by atoms with Crippen LogP contribution < -0.4 is 9.47 Å². The maximum absolute atomic E-state index is 13.8. The largest absolute Gasteiger partial charge is 0.497 e. The summed E-state index contributed by atoms with van der Waals surface area (Å²) in [4.78, 5) is 18.3. The first-order valence-electron chi connectivity index (χ1n) is 17.2. The molecular formula is C37H47N7O3. The maximum atomic E-state index is 13.8. The molecule has 1 amide bonds. The van der Waals surface area contributed by atoms with Crippen LogP contribution in [0.5, 0.6) is 11.5 Å². The number of ether oxygens (including phenoxy) is 2. The lowest BCUT2D eigenvalue weighted by Crippen LogP contribution is -2.41. The van der Waals surface area contributed by atoms with Crippen molar-refractivity contribution < 1.29 is 14.3 Å². The zero-order valence-corrected chi connectivity index (χ0v) is 28.6. The summed E-state index contributed by atoms with van der Waals surface area (Å²) in [6.45, 7) is 13.3. The van der Waals surface area contributed by atoms with Gasteiger partial charge < -0.3 is 23.5 Å². The van der Waals surface area contributed by atoms with Crippen molar-refractivity contribution in [2.45, 2.75) is 91.6 Å². The molecule has 0 saturated heterocycles. The first-order valence-corrected chi connectivity index (χ1v) is 17.2. The minimum atomic E-state index is -0.0302. The monoisotopic (exact) mass is 637 g/mol. The highest BCUT2D eigenvalue weighted by atomic mass is 16.5. The Balaban J connectivity index is 1.07. The third kappa shape index (κ3) is 5.36. The molecule has 248 valence electrons. The minimum absolute atomic E-state index is 0.0302. The van der Waals surface area contributed by atoms with Gasteiger partial charge in [0.05, 0.1) is 32.2 Å². The smallest absolute Gasteiger partial charge is 0.244 e. The molecule has 10 heteroatoms. The highest BCUT2D eigenvalue weighted by molar-refractivity contribution is 5.89. The zero-order chi connectivity index (χ0) is 32.8. The number of nitrogens with zero attached hydrogens (tertiary/aromatic N) is 7. The molecule has 0 N–H and O–H groups in total. The van der Waals surface area contributed by atoms with Gasteiger partial charge in [0.25, 0.3) is 0 Å². The number of carbonyl (C=O) groups excluding carboxylic acids is 1. The molecule has 2 atom stereocenters. The highest BCUT2D eigenvalue weighted by Gasteiger charge is 2.34. The van der Waals surface area contributed by atoms with Crippen LogP contribution in [-0.4, -0.2) is 67.1 Å². The molecule has 47 heavy (non-hydrogen) atoms. The summed E-state index contributed by atoms with van der Waals surface area (Å²) in [7, 11) is 3.44. The van der Waals surface area contributed by atoms with Crippen LogP contribution in [0, 0.1) is 0 Å². The second kappa shape index (κ2) is 12.7. The third-order valence-corrected chi connectivity index (χ3v) is 10.4. The fourth-order valence-corrected chi connectivity index (χ4v) is 8.19. The van der Waals surface area contributed by atoms with Crippen molar-refractivity contribution >= 4 is 27.7 Å². The van der Waals surface area contributed by atoms with Crippen molar-refractivity contribution in [3.05, 3.63) is 70.8 Å². The number of carbonyl (C=O) groups is 1. The van der Waals surface area contributed by atoms with Crippen LogP contribution in [0.2, 0.25) is 0 Å². The molecule has 2 aromatic carbocycles. The average molecular weight is 638 g/mol. The number of hydrogen-bond donors (Lipinski definition) is 0. The van der Waals surface area contributed by atoms with Gasteiger partial charge in [0, 0.05) is 72.0 Å². The summed E-state index contributed by atoms with van der Waals surface area (Å²) < 4.78 is 17.7. The van der Waals surface area contributed by atoms with E-state index in [0.717, 1.165) is 62.5 Å². The van der Waals surface area contributed by atoms with Crippen molar-refractivity contribution in [2.24, 2.45) is 0 Å². The Labute approximate surface area is 276 Å². The number of rotatable bonds is 10. The molecule has 0 spiro atoms. The number of benzene rings is 2. The number of methoxy groups -OCH3 is 2. The summed E-state index contributed by atoms with van der Waals surface area (Å²) in [6, 6.07) is 13.0. The van der Waals surface area contributed by atoms with E-state index in [4.69, 9.17) is 9.47 Å². The van der Waals surface area contributed by atoms with Crippen molar-refractivity contribution in [1.82, 2.24) is 33.9 Å². The maximum Gasteiger partial charge on any atom is 0.244 e. The Morgan fingerprint density at radius 2 is 1.40 bits per heavy atom. The van der Waals surface area contributed by atoms with Crippen molar-refractivity contribution in [3.8, 4) is 11.5 Å². The number of aryl methyl sites for hydroxylation is 2. The second-order valence-corrected chi connectivity index (χ2v) is 13.1. The Bertz CT molecular complexity index is 1940. The van der Waals surface area contributed by atoms with Gasteiger partial charge in [-0.25, -0.2) is 4.68 Å². The van der Waals surface area contributed by atoms with Crippen LogP contribution in [0.1, 0.15) is 80.8 Å². The van der Waals surface area contributed by atoms with Crippen LogP contribution in [0.3, 0.4) is 0 Å². The van der Waals surface area contributed by atoms with Crippen LogP contribution in [0.4, 0.5) is 0 Å². The van der Waals surface area contributed by atoms with Crippen molar-refractivity contribution in [1.29, 1.82) is 0 Å². The van der Waals surface area contributed by atoms with E-state index >= 15 is 0 Å². The Morgan fingerprint density at radius 3 is 1.98 bits per heavy atom. The third-order valence-electron chi connectivity index (χ3n) is 10.4. The first-order chi connectivity index (χ1) is 22.9. The lowest BCUT2D eigenvalue weighted by molar-refractivity contribution is -0.134. The van der Waals surface area contributed by atoms with Gasteiger partial charge in [0.2, 0.25) is 5.91 Å². The summed E-state index contributed by atoms with van der Waals surface area (Å²) in [5, 5.41) is 11.5. The SMILES string of the molecule is CCCn1c2c(c3cc(OC)ccc31)CCN(Cc1cn(CC(=O)N3CCc4c(n(CCC)c5ccc(OC)cc45)C3C)nn1)C2C. The van der Waals surface area contributed by atoms with Crippen molar-refractivity contribution in [3.63, 3.8) is 0 Å². The van der Waals surface area contributed by atoms with Gasteiger partial charge in [-0.05, 0) is 87.1 Å². The van der Waals surface area contributed by atoms with Crippen LogP contribution in [0.25, 0.3) is 21.8 Å². The van der Waals surface area contributed by atoms with Gasteiger partial charge in [0.15, 0.2) is 0 Å².